The molecule has 3 rings (SSSR count). The van der Waals surface area contributed by atoms with Crippen LogP contribution in [0.15, 0.2) is 89.4 Å². The molecule has 3 aromatic rings. The minimum absolute atomic E-state index is 0.847. The molecule has 0 radical (unpaired) electrons. The smallest absolute Gasteiger partial charge is 0.0858 e. The van der Waals surface area contributed by atoms with Crippen molar-refractivity contribution in [3.8, 4) is 5.69 Å². The summed E-state index contributed by atoms with van der Waals surface area (Å²) in [7, 11) is 0. The maximum Gasteiger partial charge on any atom is 0.0858 e. The van der Waals surface area contributed by atoms with E-state index in [-0.39, 0.29) is 0 Å². The second kappa shape index (κ2) is 5.31. The predicted molar refractivity (Wildman–Crippen MR) is 76.4 cm³/mol. The molecule has 1 aromatic heterocycles. The first-order valence-electron chi connectivity index (χ1n) is 6.12. The van der Waals surface area contributed by atoms with Crippen LogP contribution in [0.1, 0.15) is 0 Å². The Bertz CT molecular complexity index is 653. The quantitative estimate of drug-likeness (QED) is 0.590. The van der Waals surface area contributed by atoms with Gasteiger partial charge in [-0.3, -0.25) is 0 Å². The highest BCUT2D eigenvalue weighted by atomic mass is 15.1. The third-order valence-corrected chi connectivity index (χ3v) is 2.79. The van der Waals surface area contributed by atoms with Crippen molar-refractivity contribution in [3.63, 3.8) is 0 Å². The molecule has 0 unspecified atom stereocenters. The molecule has 0 aliphatic rings. The third kappa shape index (κ3) is 2.77. The first-order chi connectivity index (χ1) is 9.42. The van der Waals surface area contributed by atoms with Gasteiger partial charge in [-0.2, -0.15) is 10.2 Å². The summed E-state index contributed by atoms with van der Waals surface area (Å²) in [6, 6.07) is 21.7. The SMILES string of the molecule is c1ccc(/N=N/c2ccc(-n3cccc3)cc2)cc1. The fraction of sp³-hybridized carbons (Fsp3) is 0. The van der Waals surface area contributed by atoms with Crippen molar-refractivity contribution in [1.82, 2.24) is 4.57 Å². The number of benzene rings is 2. The molecule has 2 aromatic carbocycles. The largest absolute Gasteiger partial charge is 0.324 e. The van der Waals surface area contributed by atoms with E-state index >= 15 is 0 Å². The third-order valence-electron chi connectivity index (χ3n) is 2.79. The lowest BCUT2D eigenvalue weighted by Gasteiger charge is -2.02. The Balaban J connectivity index is 1.78. The van der Waals surface area contributed by atoms with Gasteiger partial charge in [0.1, 0.15) is 0 Å². The van der Waals surface area contributed by atoms with Crippen molar-refractivity contribution in [2.75, 3.05) is 0 Å². The number of rotatable bonds is 3. The molecular formula is C16H13N3. The molecule has 0 amide bonds. The molecule has 3 nitrogen and oxygen atoms in total. The Morgan fingerprint density at radius 1 is 0.579 bits per heavy atom. The lowest BCUT2D eigenvalue weighted by atomic mass is 10.3. The van der Waals surface area contributed by atoms with Crippen molar-refractivity contribution in [2.24, 2.45) is 10.2 Å². The summed E-state index contributed by atoms with van der Waals surface area (Å²) in [6.45, 7) is 0. The first-order valence-corrected chi connectivity index (χ1v) is 6.12. The molecule has 1 heterocycles. The van der Waals surface area contributed by atoms with E-state index in [1.165, 1.54) is 0 Å². The fourth-order valence-electron chi connectivity index (χ4n) is 1.81. The van der Waals surface area contributed by atoms with E-state index in [2.05, 4.69) is 14.8 Å². The average molecular weight is 247 g/mol. The second-order valence-corrected chi connectivity index (χ2v) is 4.14. The maximum absolute atomic E-state index is 4.21. The lowest BCUT2D eigenvalue weighted by molar-refractivity contribution is 1.08. The molecule has 0 bridgehead atoms. The van der Waals surface area contributed by atoms with Gasteiger partial charge in [-0.25, -0.2) is 0 Å². The van der Waals surface area contributed by atoms with Gasteiger partial charge in [0.25, 0.3) is 0 Å². The summed E-state index contributed by atoms with van der Waals surface area (Å²) >= 11 is 0. The van der Waals surface area contributed by atoms with Crippen LogP contribution in [0.2, 0.25) is 0 Å². The van der Waals surface area contributed by atoms with Crippen molar-refractivity contribution >= 4 is 11.4 Å². The molecule has 19 heavy (non-hydrogen) atoms. The molecule has 0 saturated carbocycles. The lowest BCUT2D eigenvalue weighted by Crippen LogP contribution is -1.87. The molecular weight excluding hydrogens is 234 g/mol. The number of azo groups is 1. The van der Waals surface area contributed by atoms with E-state index in [1.54, 1.807) is 0 Å². The van der Waals surface area contributed by atoms with Crippen LogP contribution in [0, 0.1) is 0 Å². The van der Waals surface area contributed by atoms with Gasteiger partial charge in [-0.1, -0.05) is 18.2 Å². The summed E-state index contributed by atoms with van der Waals surface area (Å²) in [6.07, 6.45) is 4.03. The van der Waals surface area contributed by atoms with Crippen LogP contribution in [0.5, 0.6) is 0 Å². The van der Waals surface area contributed by atoms with Crippen molar-refractivity contribution in [1.29, 1.82) is 0 Å². The fourth-order valence-corrected chi connectivity index (χ4v) is 1.81. The van der Waals surface area contributed by atoms with Crippen LogP contribution in [0.3, 0.4) is 0 Å². The van der Waals surface area contributed by atoms with E-state index in [0.717, 1.165) is 17.1 Å². The zero-order valence-corrected chi connectivity index (χ0v) is 10.3. The van der Waals surface area contributed by atoms with E-state index in [1.807, 2.05) is 79.1 Å². The van der Waals surface area contributed by atoms with Crippen LogP contribution in [-0.4, -0.2) is 4.57 Å². The van der Waals surface area contributed by atoms with E-state index in [9.17, 15) is 0 Å². The van der Waals surface area contributed by atoms with Gasteiger partial charge in [-0.05, 0) is 48.5 Å². The topological polar surface area (TPSA) is 29.6 Å². The zero-order valence-electron chi connectivity index (χ0n) is 10.3. The van der Waals surface area contributed by atoms with Crippen molar-refractivity contribution in [3.05, 3.63) is 79.1 Å². The van der Waals surface area contributed by atoms with Gasteiger partial charge < -0.3 is 4.57 Å². The maximum atomic E-state index is 4.21. The highest BCUT2D eigenvalue weighted by Gasteiger charge is 1.95. The molecule has 0 N–H and O–H groups in total. The first kappa shape index (κ1) is 11.4. The Hall–Kier alpha value is -2.68. The Kier molecular flexibility index (Phi) is 3.19. The Morgan fingerprint density at radius 2 is 1.16 bits per heavy atom. The van der Waals surface area contributed by atoms with Gasteiger partial charge in [0.2, 0.25) is 0 Å². The Labute approximate surface area is 111 Å². The van der Waals surface area contributed by atoms with Crippen molar-refractivity contribution < 1.29 is 0 Å². The standard InChI is InChI=1S/C16H13N3/c1-2-6-14(7-3-1)17-18-15-8-10-16(11-9-15)19-12-4-5-13-19/h1-13H/b18-17+. The number of hydrogen-bond donors (Lipinski definition) is 0. The molecule has 0 fully saturated rings. The van der Waals surface area contributed by atoms with Gasteiger partial charge in [0.05, 0.1) is 11.4 Å². The summed E-state index contributed by atoms with van der Waals surface area (Å²) < 4.78 is 2.05. The minimum atomic E-state index is 0.847. The predicted octanol–water partition coefficient (Wildman–Crippen LogP) is 4.89. The molecule has 92 valence electrons. The monoisotopic (exact) mass is 247 g/mol. The van der Waals surface area contributed by atoms with Crippen LogP contribution in [0.25, 0.3) is 5.69 Å². The minimum Gasteiger partial charge on any atom is -0.324 e. The van der Waals surface area contributed by atoms with Crippen LogP contribution < -0.4 is 0 Å². The van der Waals surface area contributed by atoms with E-state index in [4.69, 9.17) is 0 Å². The summed E-state index contributed by atoms with van der Waals surface area (Å²) in [5, 5.41) is 8.40. The molecule has 0 aliphatic carbocycles. The van der Waals surface area contributed by atoms with Crippen LogP contribution in [0.4, 0.5) is 11.4 Å². The highest BCUT2D eigenvalue weighted by Crippen LogP contribution is 2.19. The summed E-state index contributed by atoms with van der Waals surface area (Å²) in [5.41, 5.74) is 2.82. The van der Waals surface area contributed by atoms with Crippen LogP contribution in [-0.2, 0) is 0 Å². The number of aromatic nitrogens is 1. The molecule has 0 saturated heterocycles. The van der Waals surface area contributed by atoms with Crippen LogP contribution >= 0.6 is 0 Å². The number of hydrogen-bond acceptors (Lipinski definition) is 2. The second-order valence-electron chi connectivity index (χ2n) is 4.14. The molecule has 0 atom stereocenters. The van der Waals surface area contributed by atoms with Gasteiger partial charge in [-0.15, -0.1) is 0 Å². The molecule has 0 aliphatic heterocycles. The molecule has 0 spiro atoms. The van der Waals surface area contributed by atoms with Gasteiger partial charge in [0.15, 0.2) is 0 Å². The summed E-state index contributed by atoms with van der Waals surface area (Å²) in [4.78, 5) is 0. The van der Waals surface area contributed by atoms with Gasteiger partial charge >= 0.3 is 0 Å². The van der Waals surface area contributed by atoms with Gasteiger partial charge in [0, 0.05) is 18.1 Å². The number of nitrogens with zero attached hydrogens (tertiary/aromatic N) is 3. The Morgan fingerprint density at radius 3 is 1.79 bits per heavy atom. The van der Waals surface area contributed by atoms with Crippen molar-refractivity contribution in [2.45, 2.75) is 0 Å². The average Bonchev–Trinajstić information content (AvgIpc) is 3.01. The summed E-state index contributed by atoms with van der Waals surface area (Å²) in [5.74, 6) is 0. The van der Waals surface area contributed by atoms with E-state index < -0.39 is 0 Å². The zero-order chi connectivity index (χ0) is 12.9. The molecule has 3 heteroatoms. The highest BCUT2D eigenvalue weighted by molar-refractivity contribution is 5.45. The normalized spacial score (nSPS) is 10.9. The van der Waals surface area contributed by atoms with E-state index in [0.29, 0.717) is 0 Å².